The third-order valence-corrected chi connectivity index (χ3v) is 6.16. The van der Waals surface area contributed by atoms with Crippen LogP contribution < -0.4 is 0 Å². The van der Waals surface area contributed by atoms with Crippen LogP contribution in [0.15, 0.2) is 42.5 Å². The highest BCUT2D eigenvalue weighted by Crippen LogP contribution is 2.43. The van der Waals surface area contributed by atoms with Gasteiger partial charge in [0.2, 0.25) is 0 Å². The fraction of sp³-hybridized carbons (Fsp3) is 0.619. The van der Waals surface area contributed by atoms with Crippen LogP contribution in [0.4, 0.5) is 0 Å². The Morgan fingerprint density at radius 1 is 0.870 bits per heavy atom. The van der Waals surface area contributed by atoms with Gasteiger partial charge in [-0.25, -0.2) is 0 Å². The lowest BCUT2D eigenvalue weighted by atomic mass is 9.93. The molecule has 0 spiro atoms. The van der Waals surface area contributed by atoms with E-state index in [1.807, 2.05) is 0 Å². The molecule has 2 bridgehead atoms. The van der Waals surface area contributed by atoms with Gasteiger partial charge in [0, 0.05) is 32.7 Å². The summed E-state index contributed by atoms with van der Waals surface area (Å²) in [7, 11) is 0. The highest BCUT2D eigenvalue weighted by atomic mass is 15.3. The smallest absolute Gasteiger partial charge is 0.0110 e. The first-order valence-corrected chi connectivity index (χ1v) is 9.54. The fourth-order valence-electron chi connectivity index (χ4n) is 4.78. The number of rotatable bonds is 6. The zero-order valence-corrected chi connectivity index (χ0v) is 14.2. The van der Waals surface area contributed by atoms with Gasteiger partial charge in [-0.05, 0) is 55.5 Å². The van der Waals surface area contributed by atoms with E-state index < -0.39 is 0 Å². The number of aryl methyl sites for hydroxylation is 1. The molecule has 1 saturated heterocycles. The summed E-state index contributed by atoms with van der Waals surface area (Å²) in [6.07, 6.45) is 10.4. The van der Waals surface area contributed by atoms with E-state index in [-0.39, 0.29) is 0 Å². The van der Waals surface area contributed by atoms with E-state index >= 15 is 0 Å². The first-order chi connectivity index (χ1) is 11.4. The molecule has 1 aliphatic heterocycles. The molecule has 2 fully saturated rings. The zero-order chi connectivity index (χ0) is 15.5. The van der Waals surface area contributed by atoms with E-state index in [1.54, 1.807) is 0 Å². The van der Waals surface area contributed by atoms with Gasteiger partial charge in [0.05, 0.1) is 0 Å². The van der Waals surface area contributed by atoms with Crippen molar-refractivity contribution in [2.24, 2.45) is 17.8 Å². The molecule has 2 aliphatic carbocycles. The number of nitrogens with zero attached hydrogens (tertiary/aromatic N) is 2. The Balaban J connectivity index is 1.14. The maximum atomic E-state index is 2.73. The summed E-state index contributed by atoms with van der Waals surface area (Å²) >= 11 is 0. The predicted molar refractivity (Wildman–Crippen MR) is 96.5 cm³/mol. The Labute approximate surface area is 141 Å². The number of allylic oxidation sites excluding steroid dienone is 2. The van der Waals surface area contributed by atoms with Crippen LogP contribution >= 0.6 is 0 Å². The van der Waals surface area contributed by atoms with Gasteiger partial charge in [0.25, 0.3) is 0 Å². The van der Waals surface area contributed by atoms with Gasteiger partial charge in [0.1, 0.15) is 0 Å². The third kappa shape index (κ3) is 3.87. The van der Waals surface area contributed by atoms with E-state index in [4.69, 9.17) is 0 Å². The monoisotopic (exact) mass is 310 g/mol. The van der Waals surface area contributed by atoms with Gasteiger partial charge >= 0.3 is 0 Å². The molecule has 0 unspecified atom stereocenters. The molecule has 1 aromatic rings. The van der Waals surface area contributed by atoms with Crippen LogP contribution in [0.25, 0.3) is 0 Å². The fourth-order valence-corrected chi connectivity index (χ4v) is 4.78. The van der Waals surface area contributed by atoms with Crippen molar-refractivity contribution in [3.8, 4) is 0 Å². The summed E-state index contributed by atoms with van der Waals surface area (Å²) in [6, 6.07) is 10.9. The Kier molecular flexibility index (Phi) is 4.82. The van der Waals surface area contributed by atoms with Crippen LogP contribution in [0, 0.1) is 17.8 Å². The van der Waals surface area contributed by atoms with Crippen LogP contribution in [0.3, 0.4) is 0 Å². The van der Waals surface area contributed by atoms with Crippen LogP contribution in [-0.4, -0.2) is 49.1 Å². The first-order valence-electron chi connectivity index (χ1n) is 9.54. The van der Waals surface area contributed by atoms with Gasteiger partial charge in [-0.1, -0.05) is 42.5 Å². The maximum Gasteiger partial charge on any atom is 0.0110 e. The molecule has 124 valence electrons. The van der Waals surface area contributed by atoms with E-state index in [0.29, 0.717) is 0 Å². The topological polar surface area (TPSA) is 6.48 Å². The van der Waals surface area contributed by atoms with Crippen LogP contribution in [0.2, 0.25) is 0 Å². The lowest BCUT2D eigenvalue weighted by Gasteiger charge is -2.37. The molecule has 0 amide bonds. The highest BCUT2D eigenvalue weighted by molar-refractivity contribution is 5.14. The molecular formula is C21H30N2. The molecule has 0 N–H and O–H groups in total. The standard InChI is InChI=1S/C21H30N2/c1-2-5-18(6-3-1)7-4-10-22-11-13-23(14-12-22)17-21-16-19-8-9-20(21)15-19/h1-3,5-6,8-9,19-21H,4,7,10-17H2/t19-,20-,21+/m0/s1. The summed E-state index contributed by atoms with van der Waals surface area (Å²) < 4.78 is 0. The van der Waals surface area contributed by atoms with Gasteiger partial charge < -0.3 is 9.80 Å². The highest BCUT2D eigenvalue weighted by Gasteiger charge is 2.36. The van der Waals surface area contributed by atoms with Gasteiger partial charge in [-0.15, -0.1) is 0 Å². The lowest BCUT2D eigenvalue weighted by Crippen LogP contribution is -2.48. The van der Waals surface area contributed by atoms with Crippen LogP contribution in [0.1, 0.15) is 24.8 Å². The SMILES string of the molecule is C1=C[C@H]2C[C@H]1C[C@@H]2CN1CCN(CCCc2ccccc2)CC1. The number of fused-ring (bicyclic) bond motifs is 2. The van der Waals surface area contributed by atoms with Crippen molar-refractivity contribution < 1.29 is 0 Å². The van der Waals surface area contributed by atoms with Crippen LogP contribution in [-0.2, 0) is 6.42 Å². The largest absolute Gasteiger partial charge is 0.301 e. The summed E-state index contributed by atoms with van der Waals surface area (Å²) in [5, 5.41) is 0. The summed E-state index contributed by atoms with van der Waals surface area (Å²) in [4.78, 5) is 5.40. The van der Waals surface area contributed by atoms with E-state index in [0.717, 1.165) is 17.8 Å². The molecule has 3 atom stereocenters. The molecule has 3 aliphatic rings. The van der Waals surface area contributed by atoms with Crippen molar-refractivity contribution in [3.63, 3.8) is 0 Å². The van der Waals surface area contributed by atoms with Gasteiger partial charge in [0.15, 0.2) is 0 Å². The van der Waals surface area contributed by atoms with Crippen molar-refractivity contribution in [3.05, 3.63) is 48.0 Å². The Morgan fingerprint density at radius 2 is 1.65 bits per heavy atom. The van der Waals surface area contributed by atoms with E-state index in [1.165, 1.54) is 70.5 Å². The van der Waals surface area contributed by atoms with Gasteiger partial charge in [-0.2, -0.15) is 0 Å². The third-order valence-electron chi connectivity index (χ3n) is 6.16. The summed E-state index contributed by atoms with van der Waals surface area (Å²) in [6.45, 7) is 7.71. The van der Waals surface area contributed by atoms with E-state index in [2.05, 4.69) is 52.3 Å². The Bertz CT molecular complexity index is 516. The second-order valence-corrected chi connectivity index (χ2v) is 7.77. The quantitative estimate of drug-likeness (QED) is 0.743. The lowest BCUT2D eigenvalue weighted by molar-refractivity contribution is 0.112. The molecular weight excluding hydrogens is 280 g/mol. The van der Waals surface area contributed by atoms with E-state index in [9.17, 15) is 0 Å². The number of benzene rings is 1. The predicted octanol–water partition coefficient (Wildman–Crippen LogP) is 3.45. The first kappa shape index (κ1) is 15.4. The molecule has 23 heavy (non-hydrogen) atoms. The zero-order valence-electron chi connectivity index (χ0n) is 14.2. The second kappa shape index (κ2) is 7.19. The van der Waals surface area contributed by atoms with Crippen LogP contribution in [0.5, 0.6) is 0 Å². The Morgan fingerprint density at radius 3 is 2.35 bits per heavy atom. The Hall–Kier alpha value is -1.12. The molecule has 0 aromatic heterocycles. The minimum absolute atomic E-state index is 0.906. The van der Waals surface area contributed by atoms with Crippen molar-refractivity contribution in [2.75, 3.05) is 39.3 Å². The molecule has 0 radical (unpaired) electrons. The summed E-state index contributed by atoms with van der Waals surface area (Å²) in [5.74, 6) is 2.78. The minimum Gasteiger partial charge on any atom is -0.301 e. The van der Waals surface area contributed by atoms with Gasteiger partial charge in [-0.3, -0.25) is 0 Å². The molecule has 4 rings (SSSR count). The molecule has 1 saturated carbocycles. The number of hydrogen-bond acceptors (Lipinski definition) is 2. The number of hydrogen-bond donors (Lipinski definition) is 0. The second-order valence-electron chi connectivity index (χ2n) is 7.77. The average molecular weight is 310 g/mol. The molecule has 2 nitrogen and oxygen atoms in total. The van der Waals surface area contributed by atoms with Crippen molar-refractivity contribution >= 4 is 0 Å². The minimum atomic E-state index is 0.906. The summed E-state index contributed by atoms with van der Waals surface area (Å²) in [5.41, 5.74) is 1.48. The van der Waals surface area contributed by atoms with Crippen molar-refractivity contribution in [2.45, 2.75) is 25.7 Å². The molecule has 2 heteroatoms. The average Bonchev–Trinajstić information content (AvgIpc) is 3.20. The maximum absolute atomic E-state index is 2.73. The normalized spacial score (nSPS) is 31.0. The van der Waals surface area contributed by atoms with Crippen molar-refractivity contribution in [1.82, 2.24) is 9.80 Å². The molecule has 1 aromatic carbocycles. The van der Waals surface area contributed by atoms with Crippen molar-refractivity contribution in [1.29, 1.82) is 0 Å². The molecule has 1 heterocycles. The number of piperazine rings is 1.